The Balaban J connectivity index is 1.53. The number of hydrogen-bond donors (Lipinski definition) is 0. The number of rotatable bonds is 4. The van der Waals surface area contributed by atoms with Crippen LogP contribution in [0.1, 0.15) is 34.3 Å². The topological polar surface area (TPSA) is 63.2 Å². The molecule has 0 radical (unpaired) electrons. The summed E-state index contributed by atoms with van der Waals surface area (Å²) < 4.78 is 29.0. The quantitative estimate of drug-likeness (QED) is 0.683. The molecule has 1 unspecified atom stereocenters. The molecule has 0 spiro atoms. The third kappa shape index (κ3) is 2.88. The second-order valence-electron chi connectivity index (χ2n) is 8.00. The first kappa shape index (κ1) is 19.4. The van der Waals surface area contributed by atoms with Gasteiger partial charge in [-0.1, -0.05) is 6.92 Å². The number of ketones is 1. The van der Waals surface area contributed by atoms with Gasteiger partial charge in [0.1, 0.15) is 36.1 Å². The average Bonchev–Trinajstić information content (AvgIpc) is 3.19. The van der Waals surface area contributed by atoms with Crippen LogP contribution in [0, 0.1) is 5.92 Å². The summed E-state index contributed by atoms with van der Waals surface area (Å²) in [6.45, 7) is 2.35. The lowest BCUT2D eigenvalue weighted by molar-refractivity contribution is 0.0557. The Morgan fingerprint density at radius 2 is 1.83 bits per heavy atom. The summed E-state index contributed by atoms with van der Waals surface area (Å²) >= 11 is 6.01. The van der Waals surface area contributed by atoms with Gasteiger partial charge in [0.15, 0.2) is 17.3 Å². The minimum absolute atomic E-state index is 0.00161. The number of ether oxygens (including phenoxy) is 5. The number of benzene rings is 2. The molecule has 3 aliphatic heterocycles. The van der Waals surface area contributed by atoms with Gasteiger partial charge in [0.25, 0.3) is 0 Å². The zero-order valence-corrected chi connectivity index (χ0v) is 17.8. The van der Waals surface area contributed by atoms with Crippen molar-refractivity contribution in [2.75, 3.05) is 26.7 Å². The number of Topliss-reactive ketones (excluding diaryl/α,β-unsaturated/α-hetero) is 1. The molecule has 0 saturated heterocycles. The number of methoxy groups -OCH3 is 2. The van der Waals surface area contributed by atoms with Gasteiger partial charge in [-0.15, -0.1) is 11.6 Å². The monoisotopic (exact) mass is 430 g/mol. The Morgan fingerprint density at radius 1 is 1.07 bits per heavy atom. The van der Waals surface area contributed by atoms with Crippen molar-refractivity contribution in [1.82, 2.24) is 0 Å². The van der Waals surface area contributed by atoms with Crippen LogP contribution in [-0.4, -0.2) is 44.7 Å². The highest BCUT2D eigenvalue weighted by molar-refractivity contribution is 6.18. The summed E-state index contributed by atoms with van der Waals surface area (Å²) in [4.78, 5) is 13.6. The molecule has 5 rings (SSSR count). The Kier molecular flexibility index (Phi) is 4.69. The number of carbonyl (C=O) groups excluding carboxylic acids is 1. The third-order valence-corrected chi connectivity index (χ3v) is 6.68. The van der Waals surface area contributed by atoms with E-state index in [0.717, 1.165) is 23.3 Å². The van der Waals surface area contributed by atoms with Crippen LogP contribution in [0.3, 0.4) is 0 Å². The van der Waals surface area contributed by atoms with Gasteiger partial charge in [0, 0.05) is 35.4 Å². The molecule has 0 amide bonds. The molecule has 158 valence electrons. The van der Waals surface area contributed by atoms with E-state index < -0.39 is 12.0 Å². The summed E-state index contributed by atoms with van der Waals surface area (Å²) in [7, 11) is 3.14. The Labute approximate surface area is 180 Å². The molecule has 6 nitrogen and oxygen atoms in total. The van der Waals surface area contributed by atoms with Crippen molar-refractivity contribution in [1.29, 1.82) is 0 Å². The largest absolute Gasteiger partial charge is 0.493 e. The van der Waals surface area contributed by atoms with Crippen LogP contribution in [0.15, 0.2) is 24.3 Å². The molecular weight excluding hydrogens is 408 g/mol. The van der Waals surface area contributed by atoms with Gasteiger partial charge >= 0.3 is 0 Å². The van der Waals surface area contributed by atoms with Crippen LogP contribution in [0.25, 0.3) is 0 Å². The molecule has 0 fully saturated rings. The highest BCUT2D eigenvalue weighted by Gasteiger charge is 2.44. The van der Waals surface area contributed by atoms with E-state index in [2.05, 4.69) is 6.92 Å². The molecule has 3 aliphatic rings. The van der Waals surface area contributed by atoms with Crippen molar-refractivity contribution in [3.05, 3.63) is 41.0 Å². The maximum atomic E-state index is 13.6. The maximum Gasteiger partial charge on any atom is 0.178 e. The Hall–Kier alpha value is -2.60. The zero-order chi connectivity index (χ0) is 21.0. The standard InChI is InChI=1S/C23H23ClO6/c1-11(9-24)15-4-12-5-18-14(7-16(12)29-15)23(25)22-13-6-19(26-2)20(27-3)8-17(13)28-10-21(22)30-18/h5-8,11,15,21-22H,4,9-10H2,1-3H3/t11?,15-,21-,22+/m0/s1. The van der Waals surface area contributed by atoms with E-state index in [4.69, 9.17) is 35.3 Å². The summed E-state index contributed by atoms with van der Waals surface area (Å²) in [5, 5.41) is 0. The summed E-state index contributed by atoms with van der Waals surface area (Å²) in [6.07, 6.45) is 0.381. The van der Waals surface area contributed by atoms with Gasteiger partial charge in [-0.2, -0.15) is 0 Å². The second kappa shape index (κ2) is 7.27. The molecule has 7 heteroatoms. The normalized spacial score (nSPS) is 24.3. The molecule has 0 aliphatic carbocycles. The summed E-state index contributed by atoms with van der Waals surface area (Å²) in [5.74, 6) is 3.33. The predicted molar refractivity (Wildman–Crippen MR) is 111 cm³/mol. The minimum Gasteiger partial charge on any atom is -0.493 e. The van der Waals surface area contributed by atoms with Gasteiger partial charge in [-0.25, -0.2) is 0 Å². The van der Waals surface area contributed by atoms with Gasteiger partial charge in [-0.3, -0.25) is 4.79 Å². The fraction of sp³-hybridized carbons (Fsp3) is 0.435. The molecule has 0 N–H and O–H groups in total. The second-order valence-corrected chi connectivity index (χ2v) is 8.31. The first-order valence-corrected chi connectivity index (χ1v) is 10.6. The van der Waals surface area contributed by atoms with Crippen molar-refractivity contribution >= 4 is 17.4 Å². The molecule has 30 heavy (non-hydrogen) atoms. The third-order valence-electron chi connectivity index (χ3n) is 6.19. The van der Waals surface area contributed by atoms with Gasteiger partial charge in [0.2, 0.25) is 0 Å². The molecular formula is C23H23ClO6. The molecule has 4 atom stereocenters. The van der Waals surface area contributed by atoms with Gasteiger partial charge in [-0.05, 0) is 18.2 Å². The van der Waals surface area contributed by atoms with Crippen molar-refractivity contribution in [2.45, 2.75) is 31.5 Å². The fourth-order valence-electron chi connectivity index (χ4n) is 4.45. The predicted octanol–water partition coefficient (Wildman–Crippen LogP) is 4.00. The highest BCUT2D eigenvalue weighted by Crippen LogP contribution is 2.48. The smallest absolute Gasteiger partial charge is 0.178 e. The highest BCUT2D eigenvalue weighted by atomic mass is 35.5. The van der Waals surface area contributed by atoms with E-state index in [9.17, 15) is 4.79 Å². The van der Waals surface area contributed by atoms with Crippen LogP contribution in [0.5, 0.6) is 28.7 Å². The maximum absolute atomic E-state index is 13.6. The van der Waals surface area contributed by atoms with Crippen LogP contribution >= 0.6 is 11.6 Å². The molecule has 3 heterocycles. The lowest BCUT2D eigenvalue weighted by Crippen LogP contribution is -2.43. The minimum atomic E-state index is -0.474. The van der Waals surface area contributed by atoms with Crippen LogP contribution < -0.4 is 23.7 Å². The number of fused-ring (bicyclic) bond motifs is 5. The summed E-state index contributed by atoms with van der Waals surface area (Å²) in [5.41, 5.74) is 2.33. The molecule has 2 aromatic rings. The fourth-order valence-corrected chi connectivity index (χ4v) is 4.65. The number of alkyl halides is 1. The number of carbonyl (C=O) groups is 1. The van der Waals surface area contributed by atoms with Crippen LogP contribution in [-0.2, 0) is 6.42 Å². The van der Waals surface area contributed by atoms with E-state index in [1.165, 1.54) is 0 Å². The van der Waals surface area contributed by atoms with Gasteiger partial charge < -0.3 is 23.7 Å². The SMILES string of the molecule is COc1cc2c(cc1OC)[C@H]1C(=O)c3cc4c(cc3O[C@H]1CO2)C[C@@H](C(C)CCl)O4. The summed E-state index contributed by atoms with van der Waals surface area (Å²) in [6, 6.07) is 7.32. The first-order chi connectivity index (χ1) is 14.5. The first-order valence-electron chi connectivity index (χ1n) is 10.0. The lowest BCUT2D eigenvalue weighted by Gasteiger charge is -2.37. The van der Waals surface area contributed by atoms with Crippen molar-refractivity contribution in [2.24, 2.45) is 5.92 Å². The van der Waals surface area contributed by atoms with E-state index in [0.29, 0.717) is 34.4 Å². The van der Waals surface area contributed by atoms with Crippen LogP contribution in [0.2, 0.25) is 0 Å². The van der Waals surface area contributed by atoms with Crippen molar-refractivity contribution < 1.29 is 28.5 Å². The molecule has 0 saturated carbocycles. The van der Waals surface area contributed by atoms with Gasteiger partial charge in [0.05, 0.1) is 25.7 Å². The Bertz CT molecular complexity index is 1020. The molecule has 2 aromatic carbocycles. The van der Waals surface area contributed by atoms with E-state index in [1.54, 1.807) is 26.4 Å². The number of hydrogen-bond acceptors (Lipinski definition) is 6. The molecule has 0 bridgehead atoms. The van der Waals surface area contributed by atoms with Crippen molar-refractivity contribution in [3.63, 3.8) is 0 Å². The van der Waals surface area contributed by atoms with Crippen molar-refractivity contribution in [3.8, 4) is 28.7 Å². The molecule has 0 aromatic heterocycles. The van der Waals surface area contributed by atoms with Crippen LogP contribution in [0.4, 0.5) is 0 Å². The number of halogens is 1. The lowest BCUT2D eigenvalue weighted by atomic mass is 9.81. The van der Waals surface area contributed by atoms with E-state index in [-0.39, 0.29) is 24.4 Å². The van der Waals surface area contributed by atoms with E-state index >= 15 is 0 Å². The average molecular weight is 431 g/mol. The van der Waals surface area contributed by atoms with E-state index in [1.807, 2.05) is 12.1 Å². The Morgan fingerprint density at radius 3 is 2.57 bits per heavy atom. The zero-order valence-electron chi connectivity index (χ0n) is 17.1.